The molecule has 2 aromatic rings. The van der Waals surface area contributed by atoms with Crippen LogP contribution in [0.4, 0.5) is 11.8 Å². The highest BCUT2D eigenvalue weighted by atomic mass is 32.1. The topological polar surface area (TPSA) is 132 Å². The van der Waals surface area contributed by atoms with E-state index in [4.69, 9.17) is 9.47 Å². The number of allylic oxidation sites excluding steroid dienone is 1. The van der Waals surface area contributed by atoms with Gasteiger partial charge in [-0.15, -0.1) is 11.3 Å². The third kappa shape index (κ3) is 4.02. The molecule has 4 heterocycles. The van der Waals surface area contributed by atoms with E-state index in [1.807, 2.05) is 11.4 Å². The number of carbonyl (C=O) groups is 1. The molecule has 1 saturated carbocycles. The van der Waals surface area contributed by atoms with Gasteiger partial charge in [-0.25, -0.2) is 10.4 Å². The van der Waals surface area contributed by atoms with E-state index in [0.29, 0.717) is 32.0 Å². The van der Waals surface area contributed by atoms with Gasteiger partial charge < -0.3 is 14.4 Å². The van der Waals surface area contributed by atoms with Crippen LogP contribution < -0.4 is 10.3 Å². The minimum Gasteiger partial charge on any atom is -0.496 e. The van der Waals surface area contributed by atoms with Gasteiger partial charge in [-0.2, -0.15) is 10.1 Å². The van der Waals surface area contributed by atoms with Crippen LogP contribution in [0.15, 0.2) is 28.4 Å². The lowest BCUT2D eigenvalue weighted by Crippen LogP contribution is -2.43. The van der Waals surface area contributed by atoms with E-state index in [1.165, 1.54) is 12.5 Å². The minimum absolute atomic E-state index is 0.179. The molecule has 1 saturated heterocycles. The normalized spacial score (nSPS) is 26.0. The average molecular weight is 459 g/mol. The Morgan fingerprint density at radius 3 is 2.97 bits per heavy atom. The molecule has 2 aromatic heterocycles. The molecule has 3 aliphatic rings. The van der Waals surface area contributed by atoms with Gasteiger partial charge in [0.2, 0.25) is 12.0 Å². The third-order valence-electron chi connectivity index (χ3n) is 6.01. The van der Waals surface area contributed by atoms with Gasteiger partial charge >= 0.3 is 0 Å². The lowest BCUT2D eigenvalue weighted by molar-refractivity contribution is -0.528. The van der Waals surface area contributed by atoms with E-state index >= 15 is 0 Å². The van der Waals surface area contributed by atoms with Crippen LogP contribution >= 0.6 is 11.3 Å². The van der Waals surface area contributed by atoms with Crippen LogP contribution in [0.3, 0.4) is 0 Å². The van der Waals surface area contributed by atoms with E-state index in [1.54, 1.807) is 11.3 Å². The first-order valence-electron chi connectivity index (χ1n) is 10.5. The molecule has 0 amide bonds. The highest BCUT2D eigenvalue weighted by Gasteiger charge is 2.43. The summed E-state index contributed by atoms with van der Waals surface area (Å²) in [5.41, 5.74) is 3.90. The van der Waals surface area contributed by atoms with Crippen LogP contribution in [0, 0.1) is 16.0 Å². The first kappa shape index (κ1) is 20.8. The Morgan fingerprint density at radius 2 is 2.16 bits per heavy atom. The first-order valence-corrected chi connectivity index (χ1v) is 11.4. The molecule has 3 unspecified atom stereocenters. The van der Waals surface area contributed by atoms with E-state index in [-0.39, 0.29) is 28.8 Å². The van der Waals surface area contributed by atoms with Gasteiger partial charge in [-0.05, 0) is 17.9 Å². The Balaban J connectivity index is 1.31. The smallest absolute Gasteiger partial charge is 0.246 e. The van der Waals surface area contributed by atoms with Gasteiger partial charge in [-0.3, -0.25) is 14.9 Å². The zero-order valence-electron chi connectivity index (χ0n) is 17.2. The maximum absolute atomic E-state index is 12.8. The fourth-order valence-electron chi connectivity index (χ4n) is 4.32. The van der Waals surface area contributed by atoms with Crippen molar-refractivity contribution in [2.24, 2.45) is 11.0 Å². The molecule has 11 nitrogen and oxygen atoms in total. The number of ketones is 1. The van der Waals surface area contributed by atoms with Gasteiger partial charge in [-0.1, -0.05) is 0 Å². The first-order chi connectivity index (χ1) is 15.6. The highest BCUT2D eigenvalue weighted by molar-refractivity contribution is 7.17. The van der Waals surface area contributed by atoms with Crippen molar-refractivity contribution >= 4 is 45.3 Å². The third-order valence-corrected chi connectivity index (χ3v) is 6.91. The lowest BCUT2D eigenvalue weighted by Gasteiger charge is -2.34. The molecule has 168 valence electrons. The number of hydrazone groups is 1. The second-order valence-electron chi connectivity index (χ2n) is 7.95. The van der Waals surface area contributed by atoms with Gasteiger partial charge in [0.25, 0.3) is 0 Å². The summed E-state index contributed by atoms with van der Waals surface area (Å²) >= 11 is 1.58. The largest absolute Gasteiger partial charge is 0.496 e. The molecule has 2 fully saturated rings. The van der Waals surface area contributed by atoms with Gasteiger partial charge in [0.1, 0.15) is 6.10 Å². The number of hydrogen-bond acceptors (Lipinski definition) is 11. The fraction of sp³-hybridized carbons (Fsp3) is 0.500. The van der Waals surface area contributed by atoms with Crippen LogP contribution in [-0.4, -0.2) is 65.3 Å². The number of anilines is 2. The number of carbonyl (C=O) groups excluding carboxylic acids is 1. The second-order valence-corrected chi connectivity index (χ2v) is 8.86. The highest BCUT2D eigenvalue weighted by Crippen LogP contribution is 2.34. The number of Topliss-reactive ketones (excluding diaryl/α,β-unsaturated/α-hetero) is 1. The van der Waals surface area contributed by atoms with Gasteiger partial charge in [0.05, 0.1) is 47.4 Å². The number of ether oxygens (including phenoxy) is 2. The molecule has 0 spiro atoms. The Hall–Kier alpha value is -3.12. The van der Waals surface area contributed by atoms with Crippen molar-refractivity contribution in [3.05, 3.63) is 33.4 Å². The summed E-state index contributed by atoms with van der Waals surface area (Å²) in [5.74, 6) is 0.457. The Kier molecular flexibility index (Phi) is 5.70. The number of nitrogens with zero attached hydrogens (tertiary/aromatic N) is 5. The number of rotatable bonds is 5. The molecule has 12 heteroatoms. The molecule has 2 aliphatic heterocycles. The van der Waals surface area contributed by atoms with Crippen molar-refractivity contribution in [1.29, 1.82) is 0 Å². The van der Waals surface area contributed by atoms with Crippen molar-refractivity contribution in [3.63, 3.8) is 0 Å². The maximum atomic E-state index is 12.8. The van der Waals surface area contributed by atoms with Gasteiger partial charge in [0.15, 0.2) is 11.6 Å². The van der Waals surface area contributed by atoms with E-state index in [2.05, 4.69) is 25.4 Å². The molecular formula is C20H22N6O5S. The van der Waals surface area contributed by atoms with Crippen LogP contribution in [-0.2, 0) is 14.3 Å². The van der Waals surface area contributed by atoms with Crippen molar-refractivity contribution in [2.75, 3.05) is 36.6 Å². The summed E-state index contributed by atoms with van der Waals surface area (Å²) in [4.78, 5) is 35.0. The Bertz CT molecular complexity index is 1100. The molecule has 32 heavy (non-hydrogen) atoms. The summed E-state index contributed by atoms with van der Waals surface area (Å²) in [5, 5.41) is 17.3. The molecule has 1 aliphatic carbocycles. The fourth-order valence-corrected chi connectivity index (χ4v) is 5.17. The predicted octanol–water partition coefficient (Wildman–Crippen LogP) is 2.22. The molecule has 0 radical (unpaired) electrons. The Morgan fingerprint density at radius 1 is 1.31 bits per heavy atom. The summed E-state index contributed by atoms with van der Waals surface area (Å²) in [7, 11) is 0. The number of nitro groups is 1. The van der Waals surface area contributed by atoms with E-state index in [9.17, 15) is 14.9 Å². The van der Waals surface area contributed by atoms with Crippen LogP contribution in [0.2, 0.25) is 0 Å². The predicted molar refractivity (Wildman–Crippen MR) is 119 cm³/mol. The van der Waals surface area contributed by atoms with Crippen LogP contribution in [0.5, 0.6) is 0 Å². The Labute approximate surface area is 187 Å². The molecule has 5 rings (SSSR count). The summed E-state index contributed by atoms with van der Waals surface area (Å²) in [6.07, 6.45) is 3.57. The van der Waals surface area contributed by atoms with E-state index < -0.39 is 12.0 Å². The number of fused-ring (bicyclic) bond motifs is 2. The average Bonchev–Trinajstić information content (AvgIpc) is 3.29. The number of aromatic nitrogens is 2. The minimum atomic E-state index is -0.706. The SMILES string of the molecule is O=C1C(/C=N/Nc2nc(N3CCOCC3)c3sccc3n2)=COC2CCC([N+](=O)[O-])CC12. The lowest BCUT2D eigenvalue weighted by atomic mass is 9.78. The molecule has 0 bridgehead atoms. The number of morpholine rings is 1. The standard InChI is InChI=1S/C20H22N6O5S/c27-17-12(11-31-16-2-1-13(26(28)29)9-14(16)17)10-21-24-20-22-15-3-8-32-18(15)19(23-20)25-4-6-30-7-5-25/h3,8,10-11,13-14,16H,1-2,4-7,9H2,(H,22,23,24)/b21-10+. The second kappa shape index (κ2) is 8.79. The molecule has 3 atom stereocenters. The quantitative estimate of drug-likeness (QED) is 0.407. The monoisotopic (exact) mass is 458 g/mol. The number of thiophene rings is 1. The number of nitrogens with one attached hydrogen (secondary N) is 1. The summed E-state index contributed by atoms with van der Waals surface area (Å²) < 4.78 is 12.1. The summed E-state index contributed by atoms with van der Waals surface area (Å²) in [6.45, 7) is 2.79. The van der Waals surface area contributed by atoms with Crippen molar-refractivity contribution in [3.8, 4) is 0 Å². The van der Waals surface area contributed by atoms with Crippen LogP contribution in [0.1, 0.15) is 19.3 Å². The zero-order chi connectivity index (χ0) is 22.1. The maximum Gasteiger partial charge on any atom is 0.246 e. The van der Waals surface area contributed by atoms with Crippen molar-refractivity contribution in [2.45, 2.75) is 31.4 Å². The van der Waals surface area contributed by atoms with Crippen LogP contribution in [0.25, 0.3) is 10.2 Å². The van der Waals surface area contributed by atoms with Crippen molar-refractivity contribution in [1.82, 2.24) is 9.97 Å². The van der Waals surface area contributed by atoms with Crippen molar-refractivity contribution < 1.29 is 19.2 Å². The van der Waals surface area contributed by atoms with E-state index in [0.717, 1.165) is 29.1 Å². The van der Waals surface area contributed by atoms with Gasteiger partial charge in [0, 0.05) is 30.9 Å². The number of hydrogen-bond donors (Lipinski definition) is 1. The zero-order valence-corrected chi connectivity index (χ0v) is 18.0. The molecular weight excluding hydrogens is 436 g/mol. The molecule has 1 N–H and O–H groups in total. The molecule has 0 aromatic carbocycles. The summed E-state index contributed by atoms with van der Waals surface area (Å²) in [6, 6.07) is 1.22.